The van der Waals surface area contributed by atoms with Crippen molar-refractivity contribution >= 4 is 15.9 Å². The Kier molecular flexibility index (Phi) is 4.78. The van der Waals surface area contributed by atoms with Crippen LogP contribution in [0.25, 0.3) is 0 Å². The first-order valence-corrected chi connectivity index (χ1v) is 7.14. The first kappa shape index (κ1) is 15.0. The molecular weight excluding hydrogens is 321 g/mol. The number of benzene rings is 2. The number of rotatable bonds is 4. The molecule has 2 N–H and O–H groups in total. The van der Waals surface area contributed by atoms with E-state index in [2.05, 4.69) is 15.9 Å². The van der Waals surface area contributed by atoms with Crippen LogP contribution in [0.1, 0.15) is 22.7 Å². The highest BCUT2D eigenvalue weighted by Crippen LogP contribution is 2.25. The third-order valence-corrected chi connectivity index (χ3v) is 3.81. The van der Waals surface area contributed by atoms with Gasteiger partial charge in [0.05, 0.1) is 7.11 Å². The molecule has 2 aromatic rings. The van der Waals surface area contributed by atoms with E-state index in [1.165, 1.54) is 13.2 Å². The van der Waals surface area contributed by atoms with Gasteiger partial charge < -0.3 is 10.5 Å². The number of hydrogen-bond donors (Lipinski definition) is 1. The minimum atomic E-state index is -0.358. The summed E-state index contributed by atoms with van der Waals surface area (Å²) in [6, 6.07) is 10.8. The van der Waals surface area contributed by atoms with E-state index in [4.69, 9.17) is 10.5 Å². The third kappa shape index (κ3) is 3.38. The van der Waals surface area contributed by atoms with Gasteiger partial charge in [-0.05, 0) is 54.3 Å². The molecule has 20 heavy (non-hydrogen) atoms. The molecule has 0 aromatic heterocycles. The van der Waals surface area contributed by atoms with Gasteiger partial charge in [-0.3, -0.25) is 0 Å². The smallest absolute Gasteiger partial charge is 0.165 e. The quantitative estimate of drug-likeness (QED) is 0.909. The molecule has 0 aliphatic carbocycles. The van der Waals surface area contributed by atoms with Crippen molar-refractivity contribution in [2.24, 2.45) is 5.73 Å². The maximum absolute atomic E-state index is 13.7. The number of aryl methyl sites for hydroxylation is 1. The van der Waals surface area contributed by atoms with Gasteiger partial charge in [0.2, 0.25) is 0 Å². The van der Waals surface area contributed by atoms with Crippen LogP contribution in [0.2, 0.25) is 0 Å². The summed E-state index contributed by atoms with van der Waals surface area (Å²) in [5.41, 5.74) is 9.30. The van der Waals surface area contributed by atoms with Crippen molar-refractivity contribution < 1.29 is 9.13 Å². The Bertz CT molecular complexity index is 615. The van der Waals surface area contributed by atoms with Gasteiger partial charge in [0.25, 0.3) is 0 Å². The lowest BCUT2D eigenvalue weighted by atomic mass is 9.96. The zero-order chi connectivity index (χ0) is 14.7. The molecule has 1 atom stereocenters. The van der Waals surface area contributed by atoms with Crippen molar-refractivity contribution in [3.63, 3.8) is 0 Å². The van der Waals surface area contributed by atoms with Gasteiger partial charge in [-0.25, -0.2) is 4.39 Å². The first-order chi connectivity index (χ1) is 9.51. The topological polar surface area (TPSA) is 35.2 Å². The molecule has 4 heteroatoms. The Hall–Kier alpha value is -1.39. The number of hydrogen-bond acceptors (Lipinski definition) is 2. The fraction of sp³-hybridized carbons (Fsp3) is 0.250. The van der Waals surface area contributed by atoms with Crippen LogP contribution in [-0.2, 0) is 6.42 Å². The summed E-state index contributed by atoms with van der Waals surface area (Å²) in [6.45, 7) is 2.02. The van der Waals surface area contributed by atoms with E-state index in [1.54, 1.807) is 6.07 Å². The SMILES string of the molecule is COc1ccc(CC(N)c2cc(Br)ccc2C)cc1F. The van der Waals surface area contributed by atoms with Gasteiger partial charge in [-0.1, -0.05) is 28.1 Å². The molecule has 0 radical (unpaired) electrons. The Morgan fingerprint density at radius 3 is 2.65 bits per heavy atom. The molecule has 0 aliphatic heterocycles. The van der Waals surface area contributed by atoms with Gasteiger partial charge in [0.15, 0.2) is 11.6 Å². The predicted molar refractivity (Wildman–Crippen MR) is 82.5 cm³/mol. The average Bonchev–Trinajstić information content (AvgIpc) is 2.41. The number of nitrogens with two attached hydrogens (primary N) is 1. The highest BCUT2D eigenvalue weighted by molar-refractivity contribution is 9.10. The van der Waals surface area contributed by atoms with Gasteiger partial charge in [-0.15, -0.1) is 0 Å². The summed E-state index contributed by atoms with van der Waals surface area (Å²) in [7, 11) is 1.45. The maximum Gasteiger partial charge on any atom is 0.165 e. The Balaban J connectivity index is 2.21. The van der Waals surface area contributed by atoms with Crippen LogP contribution in [0.5, 0.6) is 5.75 Å². The molecule has 2 nitrogen and oxygen atoms in total. The minimum absolute atomic E-state index is 0.166. The lowest BCUT2D eigenvalue weighted by Crippen LogP contribution is -2.15. The maximum atomic E-state index is 13.7. The van der Waals surface area contributed by atoms with Crippen molar-refractivity contribution in [3.05, 3.63) is 63.4 Å². The zero-order valence-corrected chi connectivity index (χ0v) is 13.1. The molecule has 106 valence electrons. The van der Waals surface area contributed by atoms with E-state index in [-0.39, 0.29) is 17.6 Å². The van der Waals surface area contributed by atoms with E-state index >= 15 is 0 Å². The molecule has 1 unspecified atom stereocenters. The molecular formula is C16H17BrFNO. The van der Waals surface area contributed by atoms with Gasteiger partial charge in [-0.2, -0.15) is 0 Å². The second-order valence-corrected chi connectivity index (χ2v) is 5.70. The van der Waals surface area contributed by atoms with E-state index in [9.17, 15) is 4.39 Å². The number of methoxy groups -OCH3 is 1. The second kappa shape index (κ2) is 6.37. The summed E-state index contributed by atoms with van der Waals surface area (Å²) in [4.78, 5) is 0. The lowest BCUT2D eigenvalue weighted by molar-refractivity contribution is 0.386. The monoisotopic (exact) mass is 337 g/mol. The summed E-state index contributed by atoms with van der Waals surface area (Å²) in [5, 5.41) is 0. The molecule has 2 aromatic carbocycles. The van der Waals surface area contributed by atoms with Crippen LogP contribution in [0, 0.1) is 12.7 Å². The predicted octanol–water partition coefficient (Wildman–Crippen LogP) is 4.15. The lowest BCUT2D eigenvalue weighted by Gasteiger charge is -2.16. The molecule has 0 saturated heterocycles. The number of ether oxygens (including phenoxy) is 1. The van der Waals surface area contributed by atoms with Crippen molar-refractivity contribution in [1.29, 1.82) is 0 Å². The minimum Gasteiger partial charge on any atom is -0.494 e. The van der Waals surface area contributed by atoms with Crippen LogP contribution in [0.4, 0.5) is 4.39 Å². The Morgan fingerprint density at radius 1 is 1.25 bits per heavy atom. The molecule has 2 rings (SSSR count). The van der Waals surface area contributed by atoms with Crippen LogP contribution in [0.3, 0.4) is 0 Å². The molecule has 0 amide bonds. The fourth-order valence-corrected chi connectivity index (χ4v) is 2.59. The molecule has 0 aliphatic rings. The molecule has 0 fully saturated rings. The summed E-state index contributed by atoms with van der Waals surface area (Å²) in [6.07, 6.45) is 0.582. The van der Waals surface area contributed by atoms with E-state index < -0.39 is 0 Å². The highest BCUT2D eigenvalue weighted by atomic mass is 79.9. The highest BCUT2D eigenvalue weighted by Gasteiger charge is 2.12. The summed E-state index contributed by atoms with van der Waals surface area (Å²) in [5.74, 6) is -0.107. The van der Waals surface area contributed by atoms with Crippen LogP contribution < -0.4 is 10.5 Å². The normalized spacial score (nSPS) is 12.2. The van der Waals surface area contributed by atoms with E-state index in [0.29, 0.717) is 6.42 Å². The molecule has 0 saturated carbocycles. The molecule has 0 heterocycles. The fourth-order valence-electron chi connectivity index (χ4n) is 2.21. The largest absolute Gasteiger partial charge is 0.494 e. The second-order valence-electron chi connectivity index (χ2n) is 4.78. The molecule has 0 bridgehead atoms. The van der Waals surface area contributed by atoms with Gasteiger partial charge in [0, 0.05) is 10.5 Å². The standard InChI is InChI=1S/C16H17BrFNO/c1-10-3-5-12(17)9-13(10)15(19)8-11-4-6-16(20-2)14(18)7-11/h3-7,9,15H,8,19H2,1-2H3. The average molecular weight is 338 g/mol. The van der Waals surface area contributed by atoms with E-state index in [0.717, 1.165) is 21.2 Å². The third-order valence-electron chi connectivity index (χ3n) is 3.31. The van der Waals surface area contributed by atoms with Crippen molar-refractivity contribution in [1.82, 2.24) is 0 Å². The van der Waals surface area contributed by atoms with Crippen molar-refractivity contribution in [2.45, 2.75) is 19.4 Å². The van der Waals surface area contributed by atoms with Crippen molar-refractivity contribution in [3.8, 4) is 5.75 Å². The van der Waals surface area contributed by atoms with Crippen LogP contribution in [-0.4, -0.2) is 7.11 Å². The first-order valence-electron chi connectivity index (χ1n) is 6.35. The Labute approximate surface area is 126 Å². The molecule has 0 spiro atoms. The van der Waals surface area contributed by atoms with Crippen LogP contribution >= 0.6 is 15.9 Å². The zero-order valence-electron chi connectivity index (χ0n) is 11.5. The van der Waals surface area contributed by atoms with Gasteiger partial charge >= 0.3 is 0 Å². The Morgan fingerprint density at radius 2 is 2.00 bits per heavy atom. The number of halogens is 2. The van der Waals surface area contributed by atoms with Gasteiger partial charge in [0.1, 0.15) is 0 Å². The van der Waals surface area contributed by atoms with Crippen LogP contribution in [0.15, 0.2) is 40.9 Å². The summed E-state index contributed by atoms with van der Waals surface area (Å²) < 4.78 is 19.6. The summed E-state index contributed by atoms with van der Waals surface area (Å²) >= 11 is 3.45. The van der Waals surface area contributed by atoms with Crippen molar-refractivity contribution in [2.75, 3.05) is 7.11 Å². The van der Waals surface area contributed by atoms with E-state index in [1.807, 2.05) is 31.2 Å².